The van der Waals surface area contributed by atoms with Crippen LogP contribution >= 0.6 is 0 Å². The molecule has 136 valence electrons. The number of aliphatic hydroxyl groups is 2. The molecule has 0 radical (unpaired) electrons. The monoisotopic (exact) mass is 332 g/mol. The highest BCUT2D eigenvalue weighted by Crippen LogP contribution is 2.68. The second-order valence-electron chi connectivity index (χ2n) is 10.1. The molecule has 0 aromatic carbocycles. The minimum Gasteiger partial charge on any atom is -0.393 e. The van der Waals surface area contributed by atoms with Gasteiger partial charge < -0.3 is 10.2 Å². The Morgan fingerprint density at radius 1 is 1.00 bits per heavy atom. The SMILES string of the molecule is C=CC[C@@]1(O)CC[C@@H]2[C@@H]3CC[C@H]4C[C@@H](O)CC[C@]4(C)[C@H]3CC[C@]21C. The van der Waals surface area contributed by atoms with Crippen LogP contribution in [0.15, 0.2) is 12.7 Å². The van der Waals surface area contributed by atoms with Crippen molar-refractivity contribution in [1.82, 2.24) is 0 Å². The maximum absolute atomic E-state index is 11.4. The Balaban J connectivity index is 1.62. The maximum Gasteiger partial charge on any atom is 0.0738 e. The van der Waals surface area contributed by atoms with Gasteiger partial charge in [0.25, 0.3) is 0 Å². The van der Waals surface area contributed by atoms with E-state index in [-0.39, 0.29) is 11.5 Å². The molecule has 0 spiro atoms. The summed E-state index contributed by atoms with van der Waals surface area (Å²) in [6.45, 7) is 8.82. The Kier molecular flexibility index (Phi) is 3.97. The molecule has 0 aromatic heterocycles. The van der Waals surface area contributed by atoms with Gasteiger partial charge in [0.15, 0.2) is 0 Å². The summed E-state index contributed by atoms with van der Waals surface area (Å²) < 4.78 is 0. The lowest BCUT2D eigenvalue weighted by molar-refractivity contribution is -0.157. The van der Waals surface area contributed by atoms with E-state index in [4.69, 9.17) is 0 Å². The highest BCUT2D eigenvalue weighted by atomic mass is 16.3. The minimum absolute atomic E-state index is 0.0577. The zero-order valence-electron chi connectivity index (χ0n) is 15.6. The smallest absolute Gasteiger partial charge is 0.0738 e. The summed E-state index contributed by atoms with van der Waals surface area (Å²) in [4.78, 5) is 0. The van der Waals surface area contributed by atoms with Gasteiger partial charge in [0.05, 0.1) is 11.7 Å². The second kappa shape index (κ2) is 5.58. The molecule has 24 heavy (non-hydrogen) atoms. The standard InChI is InChI=1S/C22H36O2/c1-4-10-22(24)13-9-19-17-6-5-15-14-16(23)7-11-20(15,2)18(17)8-12-21(19,22)3/h4,15-19,23-24H,1,5-14H2,2-3H3/t15-,16-,17+,18-,19+,20-,21+,22+/m0/s1. The van der Waals surface area contributed by atoms with Crippen molar-refractivity contribution in [1.29, 1.82) is 0 Å². The Labute approximate surface area is 147 Å². The molecule has 4 aliphatic rings. The van der Waals surface area contributed by atoms with Crippen LogP contribution in [0.4, 0.5) is 0 Å². The van der Waals surface area contributed by atoms with Gasteiger partial charge in [-0.3, -0.25) is 0 Å². The zero-order valence-corrected chi connectivity index (χ0v) is 15.6. The third kappa shape index (κ3) is 2.14. The molecule has 0 unspecified atom stereocenters. The molecule has 0 saturated heterocycles. The van der Waals surface area contributed by atoms with Gasteiger partial charge in [-0.25, -0.2) is 0 Å². The van der Waals surface area contributed by atoms with Gasteiger partial charge in [0.1, 0.15) is 0 Å². The molecule has 4 aliphatic carbocycles. The van der Waals surface area contributed by atoms with E-state index in [9.17, 15) is 10.2 Å². The van der Waals surface area contributed by atoms with Gasteiger partial charge in [0, 0.05) is 0 Å². The van der Waals surface area contributed by atoms with Crippen LogP contribution in [0.5, 0.6) is 0 Å². The van der Waals surface area contributed by atoms with Crippen LogP contribution in [-0.2, 0) is 0 Å². The van der Waals surface area contributed by atoms with Crippen molar-refractivity contribution in [2.24, 2.45) is 34.5 Å². The van der Waals surface area contributed by atoms with E-state index >= 15 is 0 Å². The van der Waals surface area contributed by atoms with Crippen molar-refractivity contribution in [2.45, 2.75) is 89.8 Å². The van der Waals surface area contributed by atoms with E-state index in [0.29, 0.717) is 11.3 Å². The largest absolute Gasteiger partial charge is 0.393 e. The lowest BCUT2D eigenvalue weighted by Gasteiger charge is -2.61. The number of hydrogen-bond acceptors (Lipinski definition) is 2. The predicted octanol–water partition coefficient (Wildman–Crippen LogP) is 4.70. The first-order valence-electron chi connectivity index (χ1n) is 10.4. The van der Waals surface area contributed by atoms with Crippen molar-refractivity contribution >= 4 is 0 Å². The highest BCUT2D eigenvalue weighted by Gasteiger charge is 2.64. The molecule has 4 fully saturated rings. The van der Waals surface area contributed by atoms with Crippen LogP contribution in [-0.4, -0.2) is 21.9 Å². The topological polar surface area (TPSA) is 40.5 Å². The number of fused-ring (bicyclic) bond motifs is 5. The molecule has 4 saturated carbocycles. The van der Waals surface area contributed by atoms with Crippen molar-refractivity contribution in [2.75, 3.05) is 0 Å². The van der Waals surface area contributed by atoms with Crippen molar-refractivity contribution in [3.63, 3.8) is 0 Å². The van der Waals surface area contributed by atoms with Gasteiger partial charge in [-0.15, -0.1) is 6.58 Å². The number of aliphatic hydroxyl groups excluding tert-OH is 1. The molecule has 4 rings (SSSR count). The van der Waals surface area contributed by atoms with Crippen LogP contribution in [0.3, 0.4) is 0 Å². The first kappa shape index (κ1) is 17.1. The lowest BCUT2D eigenvalue weighted by atomic mass is 9.44. The second-order valence-corrected chi connectivity index (χ2v) is 10.1. The maximum atomic E-state index is 11.4. The first-order chi connectivity index (χ1) is 11.3. The third-order valence-electron chi connectivity index (χ3n) is 9.44. The van der Waals surface area contributed by atoms with Crippen LogP contribution < -0.4 is 0 Å². The molecular formula is C22H36O2. The number of hydrogen-bond donors (Lipinski definition) is 2. The van der Waals surface area contributed by atoms with Crippen LogP contribution in [0.1, 0.15) is 78.1 Å². The summed E-state index contributed by atoms with van der Waals surface area (Å²) in [6.07, 6.45) is 13.1. The summed E-state index contributed by atoms with van der Waals surface area (Å²) >= 11 is 0. The van der Waals surface area contributed by atoms with Gasteiger partial charge in [-0.1, -0.05) is 19.9 Å². The summed E-state index contributed by atoms with van der Waals surface area (Å²) in [5, 5.41) is 21.5. The van der Waals surface area contributed by atoms with Crippen molar-refractivity contribution < 1.29 is 10.2 Å². The normalized spacial score (nSPS) is 56.9. The van der Waals surface area contributed by atoms with Crippen molar-refractivity contribution in [3.8, 4) is 0 Å². The fourth-order valence-corrected chi connectivity index (χ4v) is 7.92. The molecule has 2 N–H and O–H groups in total. The average molecular weight is 333 g/mol. The molecule has 2 heteroatoms. The van der Waals surface area contributed by atoms with E-state index in [0.717, 1.165) is 43.4 Å². The fraction of sp³-hybridized carbons (Fsp3) is 0.909. The predicted molar refractivity (Wildman–Crippen MR) is 97.5 cm³/mol. The minimum atomic E-state index is -0.523. The Hall–Kier alpha value is -0.340. The van der Waals surface area contributed by atoms with Gasteiger partial charge in [-0.2, -0.15) is 0 Å². The molecule has 0 heterocycles. The lowest BCUT2D eigenvalue weighted by Crippen LogP contribution is -2.56. The summed E-state index contributed by atoms with van der Waals surface area (Å²) in [5.74, 6) is 3.01. The molecule has 0 aromatic rings. The van der Waals surface area contributed by atoms with Crippen LogP contribution in [0.2, 0.25) is 0 Å². The molecule has 0 bridgehead atoms. The summed E-state index contributed by atoms with van der Waals surface area (Å²) in [6, 6.07) is 0. The van der Waals surface area contributed by atoms with E-state index in [1.165, 1.54) is 38.5 Å². The Morgan fingerprint density at radius 3 is 2.50 bits per heavy atom. The van der Waals surface area contributed by atoms with Gasteiger partial charge in [0.2, 0.25) is 0 Å². The van der Waals surface area contributed by atoms with Gasteiger partial charge in [-0.05, 0) is 98.7 Å². The molecule has 0 aliphatic heterocycles. The summed E-state index contributed by atoms with van der Waals surface area (Å²) in [7, 11) is 0. The van der Waals surface area contributed by atoms with Crippen LogP contribution in [0.25, 0.3) is 0 Å². The Morgan fingerprint density at radius 2 is 1.75 bits per heavy atom. The van der Waals surface area contributed by atoms with E-state index < -0.39 is 5.60 Å². The fourth-order valence-electron chi connectivity index (χ4n) is 7.92. The molecule has 0 amide bonds. The number of rotatable bonds is 2. The first-order valence-corrected chi connectivity index (χ1v) is 10.4. The summed E-state index contributed by atoms with van der Waals surface area (Å²) in [5.41, 5.74) is -0.00669. The average Bonchev–Trinajstić information content (AvgIpc) is 2.80. The third-order valence-corrected chi connectivity index (χ3v) is 9.44. The quantitative estimate of drug-likeness (QED) is 0.720. The Bertz CT molecular complexity index is 516. The molecule has 2 nitrogen and oxygen atoms in total. The van der Waals surface area contributed by atoms with Crippen molar-refractivity contribution in [3.05, 3.63) is 12.7 Å². The highest BCUT2D eigenvalue weighted by molar-refractivity contribution is 5.15. The van der Waals surface area contributed by atoms with E-state index in [1.54, 1.807) is 0 Å². The van der Waals surface area contributed by atoms with Crippen LogP contribution in [0, 0.1) is 34.5 Å². The molecular weight excluding hydrogens is 296 g/mol. The van der Waals surface area contributed by atoms with Gasteiger partial charge >= 0.3 is 0 Å². The van der Waals surface area contributed by atoms with E-state index in [1.807, 2.05) is 6.08 Å². The van der Waals surface area contributed by atoms with E-state index in [2.05, 4.69) is 20.4 Å². The molecule has 8 atom stereocenters. The zero-order chi connectivity index (χ0) is 17.2.